The number of hydroxylamine groups is 1. The number of likely N-dealkylation sites (N-methyl/N-ethyl adjacent to an activating group) is 1. The van der Waals surface area contributed by atoms with Crippen molar-refractivity contribution in [2.24, 2.45) is 0 Å². The number of urea groups is 1. The number of nitrogens with zero attached hydrogens (tertiary/aromatic N) is 2. The molecule has 3 amide bonds. The minimum Gasteiger partial charge on any atom is -0.462 e. The Hall–Kier alpha value is -4.11. The lowest BCUT2D eigenvalue weighted by Crippen LogP contribution is -2.33. The summed E-state index contributed by atoms with van der Waals surface area (Å²) in [5.74, 6) is -2.42. The number of amides is 3. The number of ether oxygens (including phenoxy) is 3. The first-order valence-electron chi connectivity index (χ1n) is 13.7. The third-order valence-corrected chi connectivity index (χ3v) is 7.59. The molecular formula is C30H36F2N4O7S. The van der Waals surface area contributed by atoms with Crippen molar-refractivity contribution in [2.45, 2.75) is 26.9 Å². The largest absolute Gasteiger partial charge is 0.462 e. The smallest absolute Gasteiger partial charge is 0.415 e. The monoisotopic (exact) mass is 634 g/mol. The zero-order valence-electron chi connectivity index (χ0n) is 25.2. The number of anilines is 2. The van der Waals surface area contributed by atoms with Crippen molar-refractivity contribution < 1.29 is 42.2 Å². The number of carbonyl (C=O) groups excluding carboxylic acids is 3. The number of hydrogen-bond donors (Lipinski definition) is 2. The molecular weight excluding hydrogens is 598 g/mol. The Morgan fingerprint density at radius 2 is 1.57 bits per heavy atom. The van der Waals surface area contributed by atoms with Crippen LogP contribution in [0.4, 0.5) is 29.1 Å². The first kappa shape index (κ1) is 34.4. The molecule has 0 aliphatic rings. The van der Waals surface area contributed by atoms with Gasteiger partial charge in [-0.2, -0.15) is 0 Å². The molecule has 0 radical (unpaired) electrons. The minimum atomic E-state index is -0.892. The molecule has 2 N–H and O–H groups in total. The molecule has 2 aromatic carbocycles. The van der Waals surface area contributed by atoms with Crippen LogP contribution >= 0.6 is 11.3 Å². The summed E-state index contributed by atoms with van der Waals surface area (Å²) in [5.41, 5.74) is 3.52. The van der Waals surface area contributed by atoms with Crippen LogP contribution in [0.25, 0.3) is 10.4 Å². The van der Waals surface area contributed by atoms with Crippen molar-refractivity contribution in [3.05, 3.63) is 70.8 Å². The van der Waals surface area contributed by atoms with Crippen molar-refractivity contribution in [3.63, 3.8) is 0 Å². The van der Waals surface area contributed by atoms with Crippen molar-refractivity contribution >= 4 is 40.1 Å². The quantitative estimate of drug-likeness (QED) is 0.169. The van der Waals surface area contributed by atoms with E-state index < -0.39 is 36.3 Å². The van der Waals surface area contributed by atoms with Crippen molar-refractivity contribution in [2.75, 3.05) is 57.8 Å². The summed E-state index contributed by atoms with van der Waals surface area (Å²) in [6, 6.07) is 9.61. The van der Waals surface area contributed by atoms with Gasteiger partial charge in [0.1, 0.15) is 16.6 Å². The van der Waals surface area contributed by atoms with E-state index in [4.69, 9.17) is 14.2 Å². The zero-order chi connectivity index (χ0) is 32.2. The van der Waals surface area contributed by atoms with Crippen LogP contribution in [0.2, 0.25) is 0 Å². The second-order valence-electron chi connectivity index (χ2n) is 9.36. The van der Waals surface area contributed by atoms with E-state index in [0.717, 1.165) is 28.4 Å². The van der Waals surface area contributed by atoms with E-state index in [2.05, 4.69) is 15.6 Å². The van der Waals surface area contributed by atoms with Gasteiger partial charge < -0.3 is 19.5 Å². The van der Waals surface area contributed by atoms with Gasteiger partial charge in [-0.1, -0.05) is 18.2 Å². The van der Waals surface area contributed by atoms with Gasteiger partial charge in [-0.25, -0.2) is 28.6 Å². The van der Waals surface area contributed by atoms with Gasteiger partial charge in [-0.3, -0.25) is 14.6 Å². The summed E-state index contributed by atoms with van der Waals surface area (Å²) < 4.78 is 45.5. The number of thiophene rings is 1. The van der Waals surface area contributed by atoms with Crippen molar-refractivity contribution in [1.82, 2.24) is 10.4 Å². The van der Waals surface area contributed by atoms with Crippen LogP contribution in [0.1, 0.15) is 35.3 Å². The Bertz CT molecular complexity index is 1420. The summed E-state index contributed by atoms with van der Waals surface area (Å²) in [4.78, 5) is 47.0. The first-order valence-corrected chi connectivity index (χ1v) is 14.5. The SMILES string of the molecule is CCOC(=O)c1c(N(Cc2c(F)cccc2F)C(=O)OCC)sc(-c2ccc(NC(=O)NOC)cc2)c1CN(C)CCOC. The van der Waals surface area contributed by atoms with E-state index in [0.29, 0.717) is 34.8 Å². The molecule has 0 fully saturated rings. The molecule has 0 saturated carbocycles. The first-order chi connectivity index (χ1) is 21.1. The van der Waals surface area contributed by atoms with Gasteiger partial charge in [-0.15, -0.1) is 11.3 Å². The lowest BCUT2D eigenvalue weighted by molar-refractivity contribution is 0.0525. The molecule has 0 saturated heterocycles. The van der Waals surface area contributed by atoms with Crippen LogP contribution in [0.5, 0.6) is 0 Å². The molecule has 0 unspecified atom stereocenters. The third kappa shape index (κ3) is 8.72. The summed E-state index contributed by atoms with van der Waals surface area (Å²) in [5, 5.41) is 2.73. The van der Waals surface area contributed by atoms with E-state index in [1.54, 1.807) is 45.2 Å². The number of methoxy groups -OCH3 is 1. The fourth-order valence-corrected chi connectivity index (χ4v) is 5.55. The molecule has 0 spiro atoms. The molecule has 11 nitrogen and oxygen atoms in total. The second-order valence-corrected chi connectivity index (χ2v) is 10.4. The molecule has 0 aliphatic heterocycles. The van der Waals surface area contributed by atoms with E-state index in [-0.39, 0.29) is 35.9 Å². The highest BCUT2D eigenvalue weighted by atomic mass is 32.1. The molecule has 3 aromatic rings. The standard InChI is InChI=1S/C30H36F2N4O7S/c1-6-42-28(37)25-22(17-35(3)15-16-40-4)26(19-11-13-20(14-12-19)33-29(38)34-41-5)44-27(25)36(30(39)43-7-2)18-21-23(31)9-8-10-24(21)32/h8-14H,6-7,15-18H2,1-5H3,(H2,33,34,38). The van der Waals surface area contributed by atoms with Crippen LogP contribution < -0.4 is 15.7 Å². The molecule has 1 aromatic heterocycles. The number of nitrogens with one attached hydrogen (secondary N) is 2. The molecule has 0 aliphatic carbocycles. The number of esters is 1. The summed E-state index contributed by atoms with van der Waals surface area (Å²) in [7, 11) is 4.73. The maximum atomic E-state index is 14.8. The number of carbonyl (C=O) groups is 3. The lowest BCUT2D eigenvalue weighted by Gasteiger charge is -2.23. The minimum absolute atomic E-state index is 0.0141. The predicted molar refractivity (Wildman–Crippen MR) is 163 cm³/mol. The van der Waals surface area contributed by atoms with Gasteiger partial charge in [0.05, 0.1) is 39.0 Å². The predicted octanol–water partition coefficient (Wildman–Crippen LogP) is 5.79. The lowest BCUT2D eigenvalue weighted by atomic mass is 10.0. The average Bonchev–Trinajstić information content (AvgIpc) is 3.35. The Morgan fingerprint density at radius 1 is 0.909 bits per heavy atom. The topological polar surface area (TPSA) is 119 Å². The van der Waals surface area contributed by atoms with E-state index >= 15 is 0 Å². The molecule has 0 bridgehead atoms. The second kappa shape index (κ2) is 16.7. The Labute approximate surface area is 258 Å². The molecule has 238 valence electrons. The molecule has 1 heterocycles. The highest BCUT2D eigenvalue weighted by Gasteiger charge is 2.33. The van der Waals surface area contributed by atoms with Crippen LogP contribution in [0.15, 0.2) is 42.5 Å². The number of rotatable bonds is 14. The Balaban J connectivity index is 2.24. The Kier molecular flexibility index (Phi) is 13.0. The molecule has 44 heavy (non-hydrogen) atoms. The summed E-state index contributed by atoms with van der Waals surface area (Å²) in [6.45, 7) is 3.92. The molecule has 0 atom stereocenters. The van der Waals surface area contributed by atoms with E-state index in [1.165, 1.54) is 13.2 Å². The van der Waals surface area contributed by atoms with E-state index in [1.807, 2.05) is 11.9 Å². The van der Waals surface area contributed by atoms with Crippen molar-refractivity contribution in [1.29, 1.82) is 0 Å². The highest BCUT2D eigenvalue weighted by Crippen LogP contribution is 2.44. The van der Waals surface area contributed by atoms with E-state index in [9.17, 15) is 23.2 Å². The van der Waals surface area contributed by atoms with Gasteiger partial charge >= 0.3 is 18.1 Å². The normalized spacial score (nSPS) is 10.9. The molecule has 14 heteroatoms. The number of halogens is 2. The van der Waals surface area contributed by atoms with Gasteiger partial charge in [0.25, 0.3) is 0 Å². The highest BCUT2D eigenvalue weighted by molar-refractivity contribution is 7.20. The van der Waals surface area contributed by atoms with Gasteiger partial charge in [-0.05, 0) is 50.7 Å². The van der Waals surface area contributed by atoms with Crippen molar-refractivity contribution in [3.8, 4) is 10.4 Å². The third-order valence-electron chi connectivity index (χ3n) is 6.28. The fraction of sp³-hybridized carbons (Fsp3) is 0.367. The fourth-order valence-electron chi connectivity index (χ4n) is 4.25. The number of hydrogen-bond acceptors (Lipinski definition) is 9. The van der Waals surface area contributed by atoms with Crippen LogP contribution in [0.3, 0.4) is 0 Å². The van der Waals surface area contributed by atoms with Crippen LogP contribution in [-0.2, 0) is 32.1 Å². The maximum absolute atomic E-state index is 14.8. The van der Waals surface area contributed by atoms with Gasteiger partial charge in [0, 0.05) is 41.9 Å². The Morgan fingerprint density at radius 3 is 2.16 bits per heavy atom. The summed E-state index contributed by atoms with van der Waals surface area (Å²) >= 11 is 1.08. The zero-order valence-corrected chi connectivity index (χ0v) is 26.0. The maximum Gasteiger partial charge on any atom is 0.415 e. The van der Waals surface area contributed by atoms with Gasteiger partial charge in [0.2, 0.25) is 0 Å². The average molecular weight is 635 g/mol. The number of benzene rings is 2. The molecule has 3 rings (SSSR count). The summed E-state index contributed by atoms with van der Waals surface area (Å²) in [6.07, 6.45) is -0.892. The van der Waals surface area contributed by atoms with Crippen LogP contribution in [0, 0.1) is 11.6 Å². The van der Waals surface area contributed by atoms with Gasteiger partial charge in [0.15, 0.2) is 0 Å². The van der Waals surface area contributed by atoms with Crippen LogP contribution in [-0.4, -0.2) is 70.6 Å².